The molecule has 0 aliphatic heterocycles. The number of imidazole rings is 1. The number of hydrogen-bond acceptors (Lipinski definition) is 4. The average Bonchev–Trinajstić information content (AvgIpc) is 3.49. The van der Waals surface area contributed by atoms with E-state index in [0.29, 0.717) is 22.6 Å². The second-order valence-electron chi connectivity index (χ2n) is 7.65. The third-order valence-corrected chi connectivity index (χ3v) is 6.63. The van der Waals surface area contributed by atoms with Crippen molar-refractivity contribution in [2.24, 2.45) is 0 Å². The molecule has 9 heteroatoms. The SMILES string of the molecule is Cc1ncc(S(=O)(=O)NC(C)c2ccc(C#Cc3cccc(C(=O)O)c3-n3cccc3)cc2)[nH]1. The fraction of sp³-hybridized carbons (Fsp3) is 0.120. The molecule has 0 spiro atoms. The van der Waals surface area contributed by atoms with Gasteiger partial charge in [-0.25, -0.2) is 22.9 Å². The van der Waals surface area contributed by atoms with Crippen molar-refractivity contribution in [1.29, 1.82) is 0 Å². The molecule has 0 aliphatic rings. The topological polar surface area (TPSA) is 117 Å². The number of sulfonamides is 1. The number of H-pyrrole nitrogens is 1. The molecule has 0 amide bonds. The van der Waals surface area contributed by atoms with Crippen LogP contribution in [-0.2, 0) is 10.0 Å². The fourth-order valence-corrected chi connectivity index (χ4v) is 4.67. The van der Waals surface area contributed by atoms with E-state index in [2.05, 4.69) is 26.5 Å². The summed E-state index contributed by atoms with van der Waals surface area (Å²) in [6.45, 7) is 3.43. The number of rotatable bonds is 6. The van der Waals surface area contributed by atoms with E-state index >= 15 is 0 Å². The summed E-state index contributed by atoms with van der Waals surface area (Å²) in [6.07, 6.45) is 4.83. The van der Waals surface area contributed by atoms with E-state index in [4.69, 9.17) is 0 Å². The minimum absolute atomic E-state index is 0.0152. The van der Waals surface area contributed by atoms with Gasteiger partial charge in [-0.2, -0.15) is 0 Å². The predicted molar refractivity (Wildman–Crippen MR) is 127 cm³/mol. The Kier molecular flexibility index (Phi) is 6.36. The number of aromatic carboxylic acids is 1. The van der Waals surface area contributed by atoms with Crippen LogP contribution in [0.1, 0.15) is 45.8 Å². The highest BCUT2D eigenvalue weighted by Crippen LogP contribution is 2.21. The van der Waals surface area contributed by atoms with Crippen LogP contribution in [0.15, 0.2) is 78.2 Å². The number of hydrogen-bond donors (Lipinski definition) is 3. The van der Waals surface area contributed by atoms with Crippen molar-refractivity contribution in [1.82, 2.24) is 19.3 Å². The van der Waals surface area contributed by atoms with Gasteiger partial charge in [-0.3, -0.25) is 0 Å². The molecule has 0 fully saturated rings. The average molecular weight is 475 g/mol. The Morgan fingerprint density at radius 3 is 2.41 bits per heavy atom. The summed E-state index contributed by atoms with van der Waals surface area (Å²) < 4.78 is 29.4. The second-order valence-corrected chi connectivity index (χ2v) is 9.33. The summed E-state index contributed by atoms with van der Waals surface area (Å²) in [7, 11) is -3.73. The van der Waals surface area contributed by atoms with Gasteiger partial charge in [0.1, 0.15) is 5.82 Å². The molecular formula is C25H22N4O4S. The molecule has 4 rings (SSSR count). The standard InChI is InChI=1S/C25H22N4O4S/c1-17(28-34(32,33)23-16-26-18(2)27-23)20-11-8-19(9-12-20)10-13-21-6-5-7-22(25(30)31)24(21)29-14-3-4-15-29/h3-9,11-12,14-17,28H,1-2H3,(H,26,27)(H,30,31). The maximum Gasteiger partial charge on any atom is 0.337 e. The zero-order valence-corrected chi connectivity index (χ0v) is 19.3. The molecule has 0 saturated heterocycles. The lowest BCUT2D eigenvalue weighted by molar-refractivity contribution is 0.0697. The molecule has 2 aromatic carbocycles. The number of aromatic amines is 1. The van der Waals surface area contributed by atoms with Gasteiger partial charge in [0.05, 0.1) is 17.4 Å². The molecule has 4 aromatic rings. The van der Waals surface area contributed by atoms with Crippen LogP contribution in [-0.4, -0.2) is 34.0 Å². The quantitative estimate of drug-likeness (QED) is 0.369. The Bertz CT molecular complexity index is 1490. The Labute approximate surface area is 197 Å². The maximum atomic E-state index is 12.5. The van der Waals surface area contributed by atoms with Gasteiger partial charge < -0.3 is 14.7 Å². The fourth-order valence-electron chi connectivity index (χ4n) is 3.47. The van der Waals surface area contributed by atoms with Crippen molar-refractivity contribution >= 4 is 16.0 Å². The van der Waals surface area contributed by atoms with Crippen molar-refractivity contribution in [3.63, 3.8) is 0 Å². The molecule has 3 N–H and O–H groups in total. The molecule has 0 saturated carbocycles. The van der Waals surface area contributed by atoms with E-state index in [9.17, 15) is 18.3 Å². The number of carboxylic acid groups (broad SMARTS) is 1. The first-order chi connectivity index (χ1) is 16.2. The zero-order chi connectivity index (χ0) is 24.3. The lowest BCUT2D eigenvalue weighted by atomic mass is 10.0. The molecule has 0 aliphatic carbocycles. The number of para-hydroxylation sites is 1. The third kappa shape index (κ3) is 4.93. The van der Waals surface area contributed by atoms with Gasteiger partial charge in [0.25, 0.3) is 10.0 Å². The highest BCUT2D eigenvalue weighted by molar-refractivity contribution is 7.89. The number of aromatic nitrogens is 3. The highest BCUT2D eigenvalue weighted by atomic mass is 32.2. The molecule has 0 bridgehead atoms. The minimum Gasteiger partial charge on any atom is -0.478 e. The molecular weight excluding hydrogens is 452 g/mol. The van der Waals surface area contributed by atoms with Crippen LogP contribution in [0.25, 0.3) is 5.69 Å². The third-order valence-electron chi connectivity index (χ3n) is 5.18. The van der Waals surface area contributed by atoms with Crippen molar-refractivity contribution in [2.45, 2.75) is 24.9 Å². The number of nitrogens with zero attached hydrogens (tertiary/aromatic N) is 2. The lowest BCUT2D eigenvalue weighted by Crippen LogP contribution is -2.27. The van der Waals surface area contributed by atoms with E-state index in [0.717, 1.165) is 5.56 Å². The normalized spacial score (nSPS) is 12.1. The van der Waals surface area contributed by atoms with Gasteiger partial charge in [0.15, 0.2) is 5.03 Å². The number of carboxylic acids is 1. The number of benzene rings is 2. The number of aryl methyl sites for hydroxylation is 1. The largest absolute Gasteiger partial charge is 0.478 e. The van der Waals surface area contributed by atoms with Crippen LogP contribution in [0.3, 0.4) is 0 Å². The van der Waals surface area contributed by atoms with E-state index < -0.39 is 22.0 Å². The minimum atomic E-state index is -3.73. The van der Waals surface area contributed by atoms with Crippen LogP contribution in [0.4, 0.5) is 0 Å². The van der Waals surface area contributed by atoms with E-state index in [-0.39, 0.29) is 10.6 Å². The Balaban J connectivity index is 1.57. The molecule has 172 valence electrons. The van der Waals surface area contributed by atoms with Crippen LogP contribution in [0.5, 0.6) is 0 Å². The molecule has 2 aromatic heterocycles. The van der Waals surface area contributed by atoms with Crippen LogP contribution >= 0.6 is 0 Å². The van der Waals surface area contributed by atoms with Crippen molar-refractivity contribution in [3.8, 4) is 17.5 Å². The lowest BCUT2D eigenvalue weighted by Gasteiger charge is -2.13. The van der Waals surface area contributed by atoms with Crippen molar-refractivity contribution < 1.29 is 18.3 Å². The van der Waals surface area contributed by atoms with E-state index in [1.807, 2.05) is 12.1 Å². The molecule has 8 nitrogen and oxygen atoms in total. The van der Waals surface area contributed by atoms with Gasteiger partial charge >= 0.3 is 5.97 Å². The summed E-state index contributed by atoms with van der Waals surface area (Å²) >= 11 is 0. The summed E-state index contributed by atoms with van der Waals surface area (Å²) in [6, 6.07) is 15.3. The molecule has 0 radical (unpaired) electrons. The van der Waals surface area contributed by atoms with Crippen LogP contribution in [0, 0.1) is 18.8 Å². The van der Waals surface area contributed by atoms with Gasteiger partial charge in [0.2, 0.25) is 0 Å². The Hall–Kier alpha value is -4.13. The number of nitrogens with one attached hydrogen (secondary N) is 2. The van der Waals surface area contributed by atoms with Crippen molar-refractivity contribution in [3.05, 3.63) is 101 Å². The highest BCUT2D eigenvalue weighted by Gasteiger charge is 2.20. The molecule has 1 atom stereocenters. The van der Waals surface area contributed by atoms with Crippen LogP contribution < -0.4 is 4.72 Å². The first kappa shape index (κ1) is 23.0. The van der Waals surface area contributed by atoms with Gasteiger partial charge in [0, 0.05) is 29.6 Å². The Morgan fingerprint density at radius 2 is 1.79 bits per heavy atom. The van der Waals surface area contributed by atoms with E-state index in [1.165, 1.54) is 6.20 Å². The smallest absolute Gasteiger partial charge is 0.337 e. The summed E-state index contributed by atoms with van der Waals surface area (Å²) in [5, 5.41) is 9.61. The summed E-state index contributed by atoms with van der Waals surface area (Å²) in [5.41, 5.74) is 2.72. The molecule has 2 heterocycles. The van der Waals surface area contributed by atoms with Crippen LogP contribution in [0.2, 0.25) is 0 Å². The van der Waals surface area contributed by atoms with Gasteiger partial charge in [-0.15, -0.1) is 0 Å². The summed E-state index contributed by atoms with van der Waals surface area (Å²) in [5.74, 6) is 5.62. The second kappa shape index (κ2) is 9.39. The summed E-state index contributed by atoms with van der Waals surface area (Å²) in [4.78, 5) is 18.4. The zero-order valence-electron chi connectivity index (χ0n) is 18.5. The molecule has 34 heavy (non-hydrogen) atoms. The number of carbonyl (C=O) groups is 1. The van der Waals surface area contributed by atoms with Gasteiger partial charge in [-0.05, 0) is 55.8 Å². The first-order valence-corrected chi connectivity index (χ1v) is 11.9. The van der Waals surface area contributed by atoms with Crippen molar-refractivity contribution in [2.75, 3.05) is 0 Å². The monoisotopic (exact) mass is 474 g/mol. The molecule has 1 unspecified atom stereocenters. The maximum absolute atomic E-state index is 12.5. The predicted octanol–water partition coefficient (Wildman–Crippen LogP) is 3.65. The van der Waals surface area contributed by atoms with Gasteiger partial charge in [-0.1, -0.05) is 30.0 Å². The first-order valence-electron chi connectivity index (χ1n) is 10.4. The van der Waals surface area contributed by atoms with E-state index in [1.54, 1.807) is 73.3 Å². The Morgan fingerprint density at radius 1 is 1.09 bits per heavy atom.